The summed E-state index contributed by atoms with van der Waals surface area (Å²) in [6.45, 7) is 24.1. The molecule has 2 unspecified atom stereocenters. The van der Waals surface area contributed by atoms with Gasteiger partial charge in [0.2, 0.25) is 0 Å². The van der Waals surface area contributed by atoms with Gasteiger partial charge in [0.25, 0.3) is 5.91 Å². The largest absolute Gasteiger partial charge is 0.506 e. The second-order valence-corrected chi connectivity index (χ2v) is 14.9. The number of hydrogen-bond acceptors (Lipinski definition) is 5. The highest BCUT2D eigenvalue weighted by molar-refractivity contribution is 6.04. The van der Waals surface area contributed by atoms with Crippen LogP contribution in [0, 0.1) is 25.7 Å². The Morgan fingerprint density at radius 1 is 0.887 bits per heavy atom. The van der Waals surface area contributed by atoms with E-state index in [1.165, 1.54) is 104 Å². The number of allylic oxidation sites excluding steroid dienone is 1. The van der Waals surface area contributed by atoms with E-state index in [2.05, 4.69) is 88.0 Å². The van der Waals surface area contributed by atoms with E-state index in [0.29, 0.717) is 17.2 Å². The average molecular weight is 721 g/mol. The zero-order valence-electron chi connectivity index (χ0n) is 33.4. The maximum atomic E-state index is 13.1. The summed E-state index contributed by atoms with van der Waals surface area (Å²) in [6.07, 6.45) is 14.5. The maximum Gasteiger partial charge on any atom is 0.255 e. The van der Waals surface area contributed by atoms with E-state index in [1.807, 2.05) is 30.3 Å². The molecule has 0 aliphatic rings. The first-order chi connectivity index (χ1) is 25.5. The first-order valence-electron chi connectivity index (χ1n) is 19.9. The standard InChI is InChI=1S/C46H64N4O3/c1-9-24-48(27-22-33(5)10-2)25-14-13-15-26-50-36(8)35(7)41-30-38(18-21-42(41)50)29-37-16-19-39(20-17-37)46(53)47-40-31-43(51)45(44(52)32-40)49(12-4)28-23-34(6)11-3/h12,16-21,23,28,30-34,51-52H,4,9-11,13-15,22,24-27,29H2,1-3,5-8H3,(H,47,53)/b28-23-. The lowest BCUT2D eigenvalue weighted by Gasteiger charge is -2.23. The van der Waals surface area contributed by atoms with Crippen LogP contribution in [0.1, 0.15) is 112 Å². The van der Waals surface area contributed by atoms with Crippen LogP contribution >= 0.6 is 0 Å². The molecule has 2 atom stereocenters. The lowest BCUT2D eigenvalue weighted by atomic mass is 10.0. The Balaban J connectivity index is 1.35. The van der Waals surface area contributed by atoms with E-state index in [9.17, 15) is 15.0 Å². The number of aromatic hydroxyl groups is 2. The van der Waals surface area contributed by atoms with Gasteiger partial charge in [-0.25, -0.2) is 0 Å². The number of phenolic OH excluding ortho intramolecular Hbond substituents is 2. The van der Waals surface area contributed by atoms with Crippen molar-refractivity contribution in [2.24, 2.45) is 11.8 Å². The third-order valence-electron chi connectivity index (χ3n) is 10.9. The van der Waals surface area contributed by atoms with Crippen molar-refractivity contribution in [3.05, 3.63) is 108 Å². The van der Waals surface area contributed by atoms with Crippen molar-refractivity contribution in [2.45, 2.75) is 106 Å². The highest BCUT2D eigenvalue weighted by Gasteiger charge is 2.17. The molecule has 0 bridgehead atoms. The second kappa shape index (κ2) is 20.1. The van der Waals surface area contributed by atoms with Gasteiger partial charge in [-0.1, -0.05) is 84.7 Å². The quantitative estimate of drug-likeness (QED) is 0.0747. The van der Waals surface area contributed by atoms with Crippen molar-refractivity contribution in [3.63, 3.8) is 0 Å². The molecule has 286 valence electrons. The van der Waals surface area contributed by atoms with Crippen LogP contribution in [0.5, 0.6) is 11.5 Å². The molecule has 0 fully saturated rings. The fraction of sp³-hybridized carbons (Fsp3) is 0.457. The number of carbonyl (C=O) groups is 1. The van der Waals surface area contributed by atoms with Crippen LogP contribution in [0.15, 0.2) is 79.7 Å². The van der Waals surface area contributed by atoms with Gasteiger partial charge in [-0.15, -0.1) is 0 Å². The zero-order valence-corrected chi connectivity index (χ0v) is 33.4. The summed E-state index contributed by atoms with van der Waals surface area (Å²) in [5, 5.41) is 25.6. The second-order valence-electron chi connectivity index (χ2n) is 14.9. The summed E-state index contributed by atoms with van der Waals surface area (Å²) in [5.74, 6) is 0.482. The van der Waals surface area contributed by atoms with Crippen molar-refractivity contribution in [1.29, 1.82) is 0 Å². The normalized spacial score (nSPS) is 12.8. The van der Waals surface area contributed by atoms with Crippen LogP contribution < -0.4 is 10.2 Å². The van der Waals surface area contributed by atoms with E-state index in [4.69, 9.17) is 0 Å². The average Bonchev–Trinajstić information content (AvgIpc) is 3.38. The van der Waals surface area contributed by atoms with E-state index in [-0.39, 0.29) is 23.1 Å². The van der Waals surface area contributed by atoms with Gasteiger partial charge < -0.3 is 29.9 Å². The van der Waals surface area contributed by atoms with Gasteiger partial charge in [-0.05, 0) is 118 Å². The lowest BCUT2D eigenvalue weighted by Crippen LogP contribution is -2.28. The lowest BCUT2D eigenvalue weighted by molar-refractivity contribution is 0.102. The van der Waals surface area contributed by atoms with Gasteiger partial charge in [0.15, 0.2) is 0 Å². The summed E-state index contributed by atoms with van der Waals surface area (Å²) in [6, 6.07) is 17.3. The molecule has 0 aliphatic carbocycles. The van der Waals surface area contributed by atoms with Crippen LogP contribution in [0.25, 0.3) is 10.9 Å². The van der Waals surface area contributed by atoms with Crippen molar-refractivity contribution in [1.82, 2.24) is 9.47 Å². The monoisotopic (exact) mass is 720 g/mol. The van der Waals surface area contributed by atoms with Gasteiger partial charge in [0.1, 0.15) is 17.2 Å². The molecule has 3 N–H and O–H groups in total. The van der Waals surface area contributed by atoms with Gasteiger partial charge in [0.05, 0.1) is 0 Å². The van der Waals surface area contributed by atoms with E-state index < -0.39 is 0 Å². The molecule has 0 radical (unpaired) electrons. The van der Waals surface area contributed by atoms with Crippen molar-refractivity contribution in [3.8, 4) is 11.5 Å². The molecule has 4 aromatic rings. The molecule has 0 saturated heterocycles. The van der Waals surface area contributed by atoms with Crippen LogP contribution in [0.3, 0.4) is 0 Å². The fourth-order valence-corrected chi connectivity index (χ4v) is 6.89. The predicted molar refractivity (Wildman–Crippen MR) is 224 cm³/mol. The van der Waals surface area contributed by atoms with Crippen molar-refractivity contribution >= 4 is 28.2 Å². The Morgan fingerprint density at radius 3 is 2.23 bits per heavy atom. The molecule has 7 heteroatoms. The number of phenols is 2. The molecular weight excluding hydrogens is 657 g/mol. The minimum atomic E-state index is -0.325. The number of nitrogens with zero attached hydrogens (tertiary/aromatic N) is 3. The maximum absolute atomic E-state index is 13.1. The number of unbranched alkanes of at least 4 members (excludes halogenated alkanes) is 2. The Labute approximate surface area is 319 Å². The highest BCUT2D eigenvalue weighted by Crippen LogP contribution is 2.40. The smallest absolute Gasteiger partial charge is 0.255 e. The number of hydrogen-bond donors (Lipinski definition) is 3. The molecular formula is C46H64N4O3. The molecule has 7 nitrogen and oxygen atoms in total. The van der Waals surface area contributed by atoms with Gasteiger partial charge in [-0.3, -0.25) is 4.79 Å². The Kier molecular flexibility index (Phi) is 15.6. The Bertz CT molecular complexity index is 1800. The SMILES string of the molecule is C=CN(/C=C\C(C)CC)c1c(O)cc(NC(=O)c2ccc(Cc3ccc4c(c3)c(C)c(C)n4CCCCCN(CCC)CCC(C)CC)cc2)cc1O. The minimum absolute atomic E-state index is 0.167. The number of aromatic nitrogens is 1. The summed E-state index contributed by atoms with van der Waals surface area (Å²) in [7, 11) is 0. The predicted octanol–water partition coefficient (Wildman–Crippen LogP) is 11.3. The number of amides is 1. The summed E-state index contributed by atoms with van der Waals surface area (Å²) >= 11 is 0. The number of anilines is 2. The van der Waals surface area contributed by atoms with Crippen LogP contribution in [0.2, 0.25) is 0 Å². The number of fused-ring (bicyclic) bond motifs is 1. The number of nitrogens with one attached hydrogen (secondary N) is 1. The summed E-state index contributed by atoms with van der Waals surface area (Å²) in [4.78, 5) is 17.4. The van der Waals surface area contributed by atoms with Gasteiger partial charge in [0, 0.05) is 58.9 Å². The Hall–Kier alpha value is -4.49. The topological polar surface area (TPSA) is 81.0 Å². The number of aryl methyl sites for hydroxylation is 2. The first-order valence-corrected chi connectivity index (χ1v) is 19.9. The van der Waals surface area contributed by atoms with Gasteiger partial charge in [-0.2, -0.15) is 0 Å². The molecule has 1 amide bonds. The summed E-state index contributed by atoms with van der Waals surface area (Å²) < 4.78 is 2.50. The van der Waals surface area contributed by atoms with Crippen molar-refractivity contribution in [2.75, 3.05) is 29.9 Å². The molecule has 1 heterocycles. The molecule has 4 rings (SSSR count). The van der Waals surface area contributed by atoms with Crippen LogP contribution in [-0.4, -0.2) is 45.2 Å². The first kappa shape index (κ1) is 41.3. The van der Waals surface area contributed by atoms with Crippen LogP contribution in [-0.2, 0) is 13.0 Å². The molecule has 53 heavy (non-hydrogen) atoms. The number of carbonyl (C=O) groups excluding carboxylic acids is 1. The third-order valence-corrected chi connectivity index (χ3v) is 10.9. The minimum Gasteiger partial charge on any atom is -0.506 e. The van der Waals surface area contributed by atoms with Gasteiger partial charge >= 0.3 is 0 Å². The zero-order chi connectivity index (χ0) is 38.5. The van der Waals surface area contributed by atoms with E-state index in [1.54, 1.807) is 11.1 Å². The molecule has 0 spiro atoms. The third kappa shape index (κ3) is 11.3. The number of benzene rings is 3. The van der Waals surface area contributed by atoms with E-state index in [0.717, 1.165) is 30.9 Å². The fourth-order valence-electron chi connectivity index (χ4n) is 6.89. The molecule has 3 aromatic carbocycles. The molecule has 0 saturated carbocycles. The van der Waals surface area contributed by atoms with E-state index >= 15 is 0 Å². The Morgan fingerprint density at radius 2 is 1.58 bits per heavy atom. The van der Waals surface area contributed by atoms with Crippen molar-refractivity contribution < 1.29 is 15.0 Å². The molecule has 0 aliphatic heterocycles. The number of rotatable bonds is 21. The summed E-state index contributed by atoms with van der Waals surface area (Å²) in [5.41, 5.74) is 7.34. The highest BCUT2D eigenvalue weighted by atomic mass is 16.3. The molecule has 1 aromatic heterocycles. The van der Waals surface area contributed by atoms with Crippen LogP contribution in [0.4, 0.5) is 11.4 Å².